The fourth-order valence-corrected chi connectivity index (χ4v) is 6.99. The van der Waals surface area contributed by atoms with Gasteiger partial charge in [-0.3, -0.25) is 4.79 Å². The molecule has 0 bridgehead atoms. The van der Waals surface area contributed by atoms with Gasteiger partial charge in [0.15, 0.2) is 0 Å². The van der Waals surface area contributed by atoms with E-state index in [0.717, 1.165) is 50.6 Å². The van der Waals surface area contributed by atoms with Gasteiger partial charge in [-0.2, -0.15) is 0 Å². The first-order valence-electron chi connectivity index (χ1n) is 14.0. The quantitative estimate of drug-likeness (QED) is 0.544. The third-order valence-corrected chi connectivity index (χ3v) is 9.40. The third kappa shape index (κ3) is 5.05. The van der Waals surface area contributed by atoms with Gasteiger partial charge in [0.2, 0.25) is 5.91 Å². The number of methoxy groups -OCH3 is 1. The zero-order valence-electron chi connectivity index (χ0n) is 21.8. The highest BCUT2D eigenvalue weighted by molar-refractivity contribution is 5.85. The van der Waals surface area contributed by atoms with Gasteiger partial charge in [0, 0.05) is 45.2 Å². The summed E-state index contributed by atoms with van der Waals surface area (Å²) in [5.41, 5.74) is 2.56. The minimum atomic E-state index is -0.129. The summed E-state index contributed by atoms with van der Waals surface area (Å²) in [4.78, 5) is 21.0. The molecule has 1 unspecified atom stereocenters. The Kier molecular flexibility index (Phi) is 6.78. The van der Waals surface area contributed by atoms with Gasteiger partial charge in [-0.1, -0.05) is 42.5 Å². The lowest BCUT2D eigenvalue weighted by molar-refractivity contribution is -0.139. The zero-order chi connectivity index (χ0) is 24.5. The maximum atomic E-state index is 13.5. The van der Waals surface area contributed by atoms with Gasteiger partial charge in [-0.15, -0.1) is 0 Å². The van der Waals surface area contributed by atoms with Crippen molar-refractivity contribution >= 4 is 5.91 Å². The van der Waals surface area contributed by atoms with Crippen LogP contribution >= 0.6 is 0 Å². The second-order valence-corrected chi connectivity index (χ2v) is 11.8. The van der Waals surface area contributed by atoms with Crippen LogP contribution in [0.3, 0.4) is 0 Å². The van der Waals surface area contributed by atoms with Gasteiger partial charge in [0.1, 0.15) is 5.75 Å². The molecule has 6 rings (SSSR count). The summed E-state index contributed by atoms with van der Waals surface area (Å²) in [6, 6.07) is 19.3. The van der Waals surface area contributed by atoms with E-state index in [1.165, 1.54) is 50.1 Å². The Morgan fingerprint density at radius 2 is 1.58 bits per heavy atom. The number of carbonyl (C=O) groups is 1. The third-order valence-electron chi connectivity index (χ3n) is 9.40. The van der Waals surface area contributed by atoms with Crippen molar-refractivity contribution in [1.82, 2.24) is 14.7 Å². The van der Waals surface area contributed by atoms with Crippen molar-refractivity contribution in [3.63, 3.8) is 0 Å². The van der Waals surface area contributed by atoms with Crippen LogP contribution in [-0.2, 0) is 11.3 Å². The van der Waals surface area contributed by atoms with Gasteiger partial charge in [-0.25, -0.2) is 0 Å². The second kappa shape index (κ2) is 10.2. The van der Waals surface area contributed by atoms with E-state index < -0.39 is 0 Å². The molecule has 1 aliphatic carbocycles. The summed E-state index contributed by atoms with van der Waals surface area (Å²) in [5, 5.41) is 0. The smallest absolute Gasteiger partial charge is 0.229 e. The molecule has 3 aliphatic heterocycles. The van der Waals surface area contributed by atoms with E-state index >= 15 is 0 Å². The molecule has 1 amide bonds. The molecular formula is C31H41N3O2. The minimum absolute atomic E-state index is 0.129. The van der Waals surface area contributed by atoms with Crippen molar-refractivity contribution in [1.29, 1.82) is 0 Å². The summed E-state index contributed by atoms with van der Waals surface area (Å²) in [5.74, 6) is 3.52. The Hall–Kier alpha value is -2.37. The molecule has 5 nitrogen and oxygen atoms in total. The summed E-state index contributed by atoms with van der Waals surface area (Å²) < 4.78 is 5.28. The average Bonchev–Trinajstić information content (AvgIpc) is 3.58. The van der Waals surface area contributed by atoms with Crippen LogP contribution in [0.5, 0.6) is 5.75 Å². The first-order valence-corrected chi connectivity index (χ1v) is 14.0. The van der Waals surface area contributed by atoms with E-state index in [-0.39, 0.29) is 5.41 Å². The number of benzene rings is 2. The summed E-state index contributed by atoms with van der Waals surface area (Å²) in [7, 11) is 1.69. The molecule has 3 heterocycles. The van der Waals surface area contributed by atoms with Gasteiger partial charge in [-0.05, 0) is 80.3 Å². The number of likely N-dealkylation sites (tertiary alicyclic amines) is 3. The molecule has 0 aromatic heterocycles. The van der Waals surface area contributed by atoms with E-state index in [0.29, 0.717) is 24.3 Å². The van der Waals surface area contributed by atoms with Crippen molar-refractivity contribution in [2.45, 2.75) is 44.6 Å². The van der Waals surface area contributed by atoms with Crippen LogP contribution in [0, 0.1) is 17.3 Å². The number of nitrogens with zero attached hydrogens (tertiary/aromatic N) is 3. The molecule has 192 valence electrons. The Bertz CT molecular complexity index is 1030. The summed E-state index contributed by atoms with van der Waals surface area (Å²) in [6.07, 6.45) is 5.89. The van der Waals surface area contributed by atoms with Crippen molar-refractivity contribution in [3.8, 4) is 5.75 Å². The van der Waals surface area contributed by atoms with E-state index in [2.05, 4.69) is 57.2 Å². The fourth-order valence-electron chi connectivity index (χ4n) is 6.99. The molecule has 3 saturated heterocycles. The van der Waals surface area contributed by atoms with Crippen molar-refractivity contribution in [2.24, 2.45) is 17.3 Å². The largest absolute Gasteiger partial charge is 0.497 e. The Morgan fingerprint density at radius 1 is 0.861 bits per heavy atom. The lowest BCUT2D eigenvalue weighted by atomic mass is 9.76. The maximum Gasteiger partial charge on any atom is 0.229 e. The lowest BCUT2D eigenvalue weighted by Gasteiger charge is -2.39. The normalized spacial score (nSPS) is 26.7. The van der Waals surface area contributed by atoms with Crippen LogP contribution in [0.4, 0.5) is 0 Å². The van der Waals surface area contributed by atoms with Crippen molar-refractivity contribution in [3.05, 3.63) is 65.7 Å². The molecule has 0 N–H and O–H groups in total. The molecule has 2 aromatic carbocycles. The number of hydrogen-bond acceptors (Lipinski definition) is 4. The van der Waals surface area contributed by atoms with Crippen LogP contribution in [0.15, 0.2) is 54.6 Å². The summed E-state index contributed by atoms with van der Waals surface area (Å²) in [6.45, 7) is 8.62. The molecular weight excluding hydrogens is 446 g/mol. The van der Waals surface area contributed by atoms with Crippen molar-refractivity contribution < 1.29 is 9.53 Å². The predicted molar refractivity (Wildman–Crippen MR) is 143 cm³/mol. The highest BCUT2D eigenvalue weighted by Crippen LogP contribution is 2.43. The van der Waals surface area contributed by atoms with Gasteiger partial charge >= 0.3 is 0 Å². The van der Waals surface area contributed by atoms with Gasteiger partial charge in [0.05, 0.1) is 12.5 Å². The van der Waals surface area contributed by atoms with E-state index in [1.807, 2.05) is 12.1 Å². The van der Waals surface area contributed by atoms with E-state index in [4.69, 9.17) is 4.74 Å². The average molecular weight is 488 g/mol. The Labute approximate surface area is 216 Å². The molecule has 4 aliphatic rings. The Morgan fingerprint density at radius 3 is 2.28 bits per heavy atom. The minimum Gasteiger partial charge on any atom is -0.497 e. The van der Waals surface area contributed by atoms with Crippen LogP contribution in [0.25, 0.3) is 0 Å². The number of amides is 1. The molecule has 0 radical (unpaired) electrons. The number of carbonyl (C=O) groups excluding carboxylic acids is 1. The number of rotatable bonds is 8. The lowest BCUT2D eigenvalue weighted by Crippen LogP contribution is -2.46. The number of piperidine rings is 1. The Balaban J connectivity index is 1.05. The molecule has 2 atom stereocenters. The number of ether oxygens (including phenoxy) is 1. The van der Waals surface area contributed by atoms with Crippen LogP contribution in [0.1, 0.15) is 49.1 Å². The van der Waals surface area contributed by atoms with Gasteiger partial charge in [0.25, 0.3) is 0 Å². The molecule has 1 saturated carbocycles. The van der Waals surface area contributed by atoms with E-state index in [9.17, 15) is 4.79 Å². The van der Waals surface area contributed by atoms with Gasteiger partial charge < -0.3 is 19.4 Å². The molecule has 4 fully saturated rings. The maximum absolute atomic E-state index is 13.5. The fraction of sp³-hybridized carbons (Fsp3) is 0.581. The molecule has 1 spiro atoms. The molecule has 36 heavy (non-hydrogen) atoms. The van der Waals surface area contributed by atoms with Crippen molar-refractivity contribution in [2.75, 3.05) is 52.9 Å². The SMILES string of the molecule is COc1ccc(CN2CCC3(CCN(C[C@H]4CN(CC5CC5)CC4c4ccccc4)CC3)C2=O)cc1. The first kappa shape index (κ1) is 24.0. The monoisotopic (exact) mass is 487 g/mol. The second-order valence-electron chi connectivity index (χ2n) is 11.8. The first-order chi connectivity index (χ1) is 17.6. The number of hydrogen-bond donors (Lipinski definition) is 0. The molecule has 5 heteroatoms. The molecule has 2 aromatic rings. The topological polar surface area (TPSA) is 36.0 Å². The summed E-state index contributed by atoms with van der Waals surface area (Å²) >= 11 is 0. The van der Waals surface area contributed by atoms with E-state index in [1.54, 1.807) is 7.11 Å². The predicted octanol–water partition coefficient (Wildman–Crippen LogP) is 4.64. The van der Waals surface area contributed by atoms with Crippen LogP contribution in [-0.4, -0.2) is 73.5 Å². The highest BCUT2D eigenvalue weighted by Gasteiger charge is 2.48. The highest BCUT2D eigenvalue weighted by atomic mass is 16.5. The van der Waals surface area contributed by atoms with Crippen LogP contribution < -0.4 is 4.74 Å². The standard InChI is InChI=1S/C31H41N3O2/c1-36-28-11-9-25(10-12-28)20-34-18-15-31(30(34)35)13-16-32(17-14-31)21-27-22-33(19-24-7-8-24)23-29(27)26-5-3-2-4-6-26/h2-6,9-12,24,27,29H,7-8,13-23H2,1H3/t27-,29?/m0/s1. The van der Waals surface area contributed by atoms with Crippen LogP contribution in [0.2, 0.25) is 0 Å². The zero-order valence-corrected chi connectivity index (χ0v) is 21.8.